The van der Waals surface area contributed by atoms with E-state index in [1.54, 1.807) is 0 Å². The fourth-order valence-corrected chi connectivity index (χ4v) is 0.855. The van der Waals surface area contributed by atoms with Gasteiger partial charge in [0.05, 0.1) is 12.1 Å². The molecule has 0 bridgehead atoms. The summed E-state index contributed by atoms with van der Waals surface area (Å²) in [5, 5.41) is 10.2. The highest BCUT2D eigenvalue weighted by Gasteiger charge is 2.28. The molecule has 1 heterocycles. The van der Waals surface area contributed by atoms with Crippen LogP contribution in [0, 0.1) is 0 Å². The SMILES string of the molecule is O=C(NCC(F)(F)CO)c1ccc(=O)oc1. The third-order valence-corrected chi connectivity index (χ3v) is 1.70. The molecule has 0 unspecified atom stereocenters. The molecule has 5 nitrogen and oxygen atoms in total. The summed E-state index contributed by atoms with van der Waals surface area (Å²) in [6.45, 7) is -2.33. The van der Waals surface area contributed by atoms with Gasteiger partial charge in [-0.2, -0.15) is 0 Å². The van der Waals surface area contributed by atoms with E-state index in [-0.39, 0.29) is 5.56 Å². The Kier molecular flexibility index (Phi) is 3.73. The lowest BCUT2D eigenvalue weighted by atomic mass is 10.2. The van der Waals surface area contributed by atoms with E-state index in [1.165, 1.54) is 0 Å². The van der Waals surface area contributed by atoms with Gasteiger partial charge >= 0.3 is 5.63 Å². The minimum atomic E-state index is -3.37. The Morgan fingerprint density at radius 1 is 1.50 bits per heavy atom. The van der Waals surface area contributed by atoms with Crippen LogP contribution < -0.4 is 10.9 Å². The number of carbonyl (C=O) groups is 1. The Balaban J connectivity index is 2.60. The summed E-state index contributed by atoms with van der Waals surface area (Å²) < 4.78 is 29.5. The quantitative estimate of drug-likeness (QED) is 0.767. The fraction of sp³-hybridized carbons (Fsp3) is 0.333. The van der Waals surface area contributed by atoms with Gasteiger partial charge < -0.3 is 14.8 Å². The third kappa shape index (κ3) is 3.43. The third-order valence-electron chi connectivity index (χ3n) is 1.70. The zero-order chi connectivity index (χ0) is 12.2. The van der Waals surface area contributed by atoms with Crippen LogP contribution in [0.2, 0.25) is 0 Å². The highest BCUT2D eigenvalue weighted by atomic mass is 19.3. The van der Waals surface area contributed by atoms with Crippen LogP contribution >= 0.6 is 0 Å². The molecule has 1 rings (SSSR count). The molecule has 0 aliphatic carbocycles. The molecule has 0 saturated carbocycles. The van der Waals surface area contributed by atoms with E-state index in [0.29, 0.717) is 0 Å². The second-order valence-electron chi connectivity index (χ2n) is 3.04. The first-order valence-electron chi connectivity index (χ1n) is 4.30. The lowest BCUT2D eigenvalue weighted by Crippen LogP contribution is -2.39. The molecule has 0 atom stereocenters. The largest absolute Gasteiger partial charge is 0.430 e. The van der Waals surface area contributed by atoms with Crippen LogP contribution in [-0.2, 0) is 0 Å². The first-order valence-corrected chi connectivity index (χ1v) is 4.30. The Bertz CT molecular complexity index is 409. The van der Waals surface area contributed by atoms with Gasteiger partial charge in [-0.3, -0.25) is 4.79 Å². The van der Waals surface area contributed by atoms with E-state index in [0.717, 1.165) is 18.4 Å². The van der Waals surface area contributed by atoms with E-state index in [1.807, 2.05) is 5.32 Å². The first-order chi connectivity index (χ1) is 7.44. The molecule has 0 fully saturated rings. The van der Waals surface area contributed by atoms with Crippen LogP contribution in [0.3, 0.4) is 0 Å². The zero-order valence-corrected chi connectivity index (χ0v) is 8.07. The van der Waals surface area contributed by atoms with Crippen molar-refractivity contribution in [1.29, 1.82) is 0 Å². The number of nitrogens with one attached hydrogen (secondary N) is 1. The molecule has 1 aromatic heterocycles. The second kappa shape index (κ2) is 4.84. The summed E-state index contributed by atoms with van der Waals surface area (Å²) in [6, 6.07) is 2.15. The number of aliphatic hydroxyl groups is 1. The maximum absolute atomic E-state index is 12.6. The molecular formula is C9H9F2NO4. The predicted octanol–water partition coefficient (Wildman–Crippen LogP) is -0.00280. The molecule has 88 valence electrons. The average molecular weight is 233 g/mol. The van der Waals surface area contributed by atoms with Crippen molar-refractivity contribution in [2.45, 2.75) is 5.92 Å². The fourth-order valence-electron chi connectivity index (χ4n) is 0.855. The molecule has 16 heavy (non-hydrogen) atoms. The number of carbonyl (C=O) groups excluding carboxylic acids is 1. The van der Waals surface area contributed by atoms with Crippen molar-refractivity contribution in [2.24, 2.45) is 0 Å². The van der Waals surface area contributed by atoms with E-state index >= 15 is 0 Å². The number of aliphatic hydroxyl groups excluding tert-OH is 1. The molecule has 0 aliphatic rings. The van der Waals surface area contributed by atoms with Crippen LogP contribution in [0.5, 0.6) is 0 Å². The molecule has 7 heteroatoms. The molecule has 0 saturated heterocycles. The Labute approximate surface area is 88.7 Å². The Morgan fingerprint density at radius 3 is 2.69 bits per heavy atom. The van der Waals surface area contributed by atoms with Gasteiger partial charge in [0.25, 0.3) is 11.8 Å². The summed E-state index contributed by atoms with van der Waals surface area (Å²) in [7, 11) is 0. The lowest BCUT2D eigenvalue weighted by molar-refractivity contribution is -0.0462. The highest BCUT2D eigenvalue weighted by molar-refractivity contribution is 5.93. The normalized spacial score (nSPS) is 11.2. The minimum absolute atomic E-state index is 0.0478. The molecule has 1 amide bonds. The second-order valence-corrected chi connectivity index (χ2v) is 3.04. The van der Waals surface area contributed by atoms with Crippen molar-refractivity contribution in [1.82, 2.24) is 5.32 Å². The Morgan fingerprint density at radius 2 is 2.19 bits per heavy atom. The number of hydrogen-bond donors (Lipinski definition) is 2. The van der Waals surface area contributed by atoms with Crippen molar-refractivity contribution >= 4 is 5.91 Å². The van der Waals surface area contributed by atoms with Crippen LogP contribution in [0.1, 0.15) is 10.4 Å². The van der Waals surface area contributed by atoms with Gasteiger partial charge in [0.2, 0.25) is 0 Å². The maximum atomic E-state index is 12.6. The average Bonchev–Trinajstić information content (AvgIpc) is 2.27. The van der Waals surface area contributed by atoms with Crippen LogP contribution in [0.4, 0.5) is 8.78 Å². The van der Waals surface area contributed by atoms with Crippen molar-refractivity contribution in [3.05, 3.63) is 34.4 Å². The van der Waals surface area contributed by atoms with Crippen LogP contribution in [0.25, 0.3) is 0 Å². The maximum Gasteiger partial charge on any atom is 0.335 e. The van der Waals surface area contributed by atoms with Crippen LogP contribution in [-0.4, -0.2) is 30.1 Å². The highest BCUT2D eigenvalue weighted by Crippen LogP contribution is 2.10. The Hall–Kier alpha value is -1.76. The number of amides is 1. The van der Waals surface area contributed by atoms with Crippen LogP contribution in [0.15, 0.2) is 27.6 Å². The molecular weight excluding hydrogens is 224 g/mol. The van der Waals surface area contributed by atoms with E-state index in [2.05, 4.69) is 4.42 Å². The van der Waals surface area contributed by atoms with Crippen molar-refractivity contribution in [3.63, 3.8) is 0 Å². The summed E-state index contributed by atoms with van der Waals surface area (Å²) in [6.07, 6.45) is 0.870. The molecule has 0 aliphatic heterocycles. The van der Waals surface area contributed by atoms with Gasteiger partial charge in [-0.15, -0.1) is 0 Å². The zero-order valence-electron chi connectivity index (χ0n) is 8.07. The van der Waals surface area contributed by atoms with Crippen molar-refractivity contribution in [2.75, 3.05) is 13.2 Å². The molecule has 0 radical (unpaired) electrons. The summed E-state index contributed by atoms with van der Waals surface area (Å²) in [4.78, 5) is 21.8. The van der Waals surface area contributed by atoms with E-state index < -0.39 is 30.6 Å². The van der Waals surface area contributed by atoms with Gasteiger partial charge in [0.1, 0.15) is 12.9 Å². The topological polar surface area (TPSA) is 79.5 Å². The predicted molar refractivity (Wildman–Crippen MR) is 49.3 cm³/mol. The monoisotopic (exact) mass is 233 g/mol. The summed E-state index contributed by atoms with van der Waals surface area (Å²) in [5.41, 5.74) is -0.689. The van der Waals surface area contributed by atoms with E-state index in [4.69, 9.17) is 5.11 Å². The van der Waals surface area contributed by atoms with Gasteiger partial charge in [0, 0.05) is 6.07 Å². The van der Waals surface area contributed by atoms with Gasteiger partial charge in [-0.25, -0.2) is 13.6 Å². The summed E-state index contributed by atoms with van der Waals surface area (Å²) >= 11 is 0. The number of rotatable bonds is 4. The van der Waals surface area contributed by atoms with E-state index in [9.17, 15) is 18.4 Å². The number of alkyl halides is 2. The molecule has 0 spiro atoms. The van der Waals surface area contributed by atoms with Crippen molar-refractivity contribution < 1.29 is 23.1 Å². The lowest BCUT2D eigenvalue weighted by Gasteiger charge is -2.13. The van der Waals surface area contributed by atoms with Gasteiger partial charge in [-0.05, 0) is 6.07 Å². The molecule has 0 aromatic carbocycles. The minimum Gasteiger partial charge on any atom is -0.430 e. The van der Waals surface area contributed by atoms with Gasteiger partial charge in [-0.1, -0.05) is 0 Å². The molecule has 1 aromatic rings. The number of hydrogen-bond acceptors (Lipinski definition) is 4. The molecule has 2 N–H and O–H groups in total. The first kappa shape index (κ1) is 12.3. The number of halogens is 2. The van der Waals surface area contributed by atoms with Crippen molar-refractivity contribution in [3.8, 4) is 0 Å². The van der Waals surface area contributed by atoms with Gasteiger partial charge in [0.15, 0.2) is 0 Å². The summed E-state index contributed by atoms with van der Waals surface area (Å²) in [5.74, 6) is -4.18. The smallest absolute Gasteiger partial charge is 0.335 e. The standard InChI is InChI=1S/C9H9F2NO4/c10-9(11,5-13)4-12-8(15)6-1-2-7(14)16-3-6/h1-3,13H,4-5H2,(H,12,15).